The van der Waals surface area contributed by atoms with Gasteiger partial charge in [-0.3, -0.25) is 0 Å². The molecule has 0 heterocycles. The molecule has 0 rings (SSSR count). The fourth-order valence-corrected chi connectivity index (χ4v) is 0.699. The number of carbonyl (C=O) groups is 2. The van der Waals surface area contributed by atoms with Crippen LogP contribution in [0, 0.1) is 0 Å². The van der Waals surface area contributed by atoms with Gasteiger partial charge in [-0.1, -0.05) is 6.92 Å². The molecule has 0 aliphatic heterocycles. The predicted octanol–water partition coefficient (Wildman–Crippen LogP) is 1.80. The SMILES string of the molecule is CCC(OC(=O)OC(C)(C)C)C(=O)O. The molecule has 0 bridgehead atoms. The summed E-state index contributed by atoms with van der Waals surface area (Å²) in [6.45, 7) is 6.64. The maximum atomic E-state index is 11.0. The molecule has 0 aromatic rings. The van der Waals surface area contributed by atoms with Crippen LogP contribution in [0.2, 0.25) is 0 Å². The Labute approximate surface area is 83.0 Å². The standard InChI is InChI=1S/C9H16O5/c1-5-6(7(10)11)13-8(12)14-9(2,3)4/h6H,5H2,1-4H3,(H,10,11). The quantitative estimate of drug-likeness (QED) is 0.709. The number of aliphatic carboxylic acids is 1. The van der Waals surface area contributed by atoms with Crippen LogP contribution in [0.15, 0.2) is 0 Å². The third-order valence-corrected chi connectivity index (χ3v) is 1.27. The van der Waals surface area contributed by atoms with Crippen LogP contribution < -0.4 is 0 Å². The lowest BCUT2D eigenvalue weighted by Gasteiger charge is -2.20. The third-order valence-electron chi connectivity index (χ3n) is 1.27. The summed E-state index contributed by atoms with van der Waals surface area (Å²) in [7, 11) is 0. The van der Waals surface area contributed by atoms with E-state index < -0.39 is 23.8 Å². The third kappa shape index (κ3) is 5.40. The summed E-state index contributed by atoms with van der Waals surface area (Å²) in [6.07, 6.45) is -1.87. The Hall–Kier alpha value is -1.26. The minimum Gasteiger partial charge on any atom is -0.479 e. The fraction of sp³-hybridized carbons (Fsp3) is 0.778. The Morgan fingerprint density at radius 2 is 1.86 bits per heavy atom. The van der Waals surface area contributed by atoms with Gasteiger partial charge in [-0.15, -0.1) is 0 Å². The predicted molar refractivity (Wildman–Crippen MR) is 49.0 cm³/mol. The van der Waals surface area contributed by atoms with Crippen LogP contribution in [0.4, 0.5) is 4.79 Å². The lowest BCUT2D eigenvalue weighted by molar-refractivity contribution is -0.149. The summed E-state index contributed by atoms with van der Waals surface area (Å²) < 4.78 is 9.37. The van der Waals surface area contributed by atoms with Gasteiger partial charge in [0, 0.05) is 0 Å². The molecule has 14 heavy (non-hydrogen) atoms. The van der Waals surface area contributed by atoms with E-state index in [0.717, 1.165) is 0 Å². The number of rotatable bonds is 3. The monoisotopic (exact) mass is 204 g/mol. The van der Waals surface area contributed by atoms with Crippen molar-refractivity contribution >= 4 is 12.1 Å². The van der Waals surface area contributed by atoms with Crippen LogP contribution in [-0.2, 0) is 14.3 Å². The molecule has 1 N–H and O–H groups in total. The van der Waals surface area contributed by atoms with Gasteiger partial charge in [-0.05, 0) is 27.2 Å². The normalized spacial score (nSPS) is 13.1. The molecule has 0 aliphatic rings. The first-order valence-electron chi connectivity index (χ1n) is 4.38. The number of hydrogen-bond donors (Lipinski definition) is 1. The molecule has 0 fully saturated rings. The molecule has 1 atom stereocenters. The Bertz CT molecular complexity index is 216. The Morgan fingerprint density at radius 3 is 2.14 bits per heavy atom. The van der Waals surface area contributed by atoms with Crippen molar-refractivity contribution in [1.82, 2.24) is 0 Å². The minimum atomic E-state index is -1.17. The molecular weight excluding hydrogens is 188 g/mol. The average Bonchev–Trinajstić information content (AvgIpc) is 1.96. The molecule has 0 saturated heterocycles. The largest absolute Gasteiger partial charge is 0.509 e. The number of ether oxygens (including phenoxy) is 2. The van der Waals surface area contributed by atoms with E-state index in [-0.39, 0.29) is 6.42 Å². The first kappa shape index (κ1) is 12.7. The zero-order chi connectivity index (χ0) is 11.4. The average molecular weight is 204 g/mol. The fourth-order valence-electron chi connectivity index (χ4n) is 0.699. The van der Waals surface area contributed by atoms with E-state index in [1.54, 1.807) is 27.7 Å². The van der Waals surface area contributed by atoms with Crippen molar-refractivity contribution < 1.29 is 24.2 Å². The Balaban J connectivity index is 4.11. The Morgan fingerprint density at radius 1 is 1.36 bits per heavy atom. The van der Waals surface area contributed by atoms with Gasteiger partial charge in [0.05, 0.1) is 0 Å². The lowest BCUT2D eigenvalue weighted by atomic mass is 10.2. The molecule has 0 spiro atoms. The first-order chi connectivity index (χ1) is 6.26. The van der Waals surface area contributed by atoms with E-state index in [0.29, 0.717) is 0 Å². The topological polar surface area (TPSA) is 72.8 Å². The van der Waals surface area contributed by atoms with E-state index in [2.05, 4.69) is 4.74 Å². The van der Waals surface area contributed by atoms with Crippen molar-refractivity contribution in [2.24, 2.45) is 0 Å². The van der Waals surface area contributed by atoms with Gasteiger partial charge in [0.1, 0.15) is 5.60 Å². The van der Waals surface area contributed by atoms with E-state index in [9.17, 15) is 9.59 Å². The Kier molecular flexibility index (Phi) is 4.40. The smallest absolute Gasteiger partial charge is 0.479 e. The van der Waals surface area contributed by atoms with Gasteiger partial charge in [-0.2, -0.15) is 0 Å². The van der Waals surface area contributed by atoms with Crippen molar-refractivity contribution in [2.75, 3.05) is 0 Å². The molecule has 5 nitrogen and oxygen atoms in total. The summed E-state index contributed by atoms with van der Waals surface area (Å²) in [4.78, 5) is 21.5. The highest BCUT2D eigenvalue weighted by atomic mass is 16.7. The second-order valence-corrected chi connectivity index (χ2v) is 3.82. The summed E-state index contributed by atoms with van der Waals surface area (Å²) in [6, 6.07) is 0. The van der Waals surface area contributed by atoms with E-state index in [4.69, 9.17) is 9.84 Å². The second-order valence-electron chi connectivity index (χ2n) is 3.82. The first-order valence-corrected chi connectivity index (χ1v) is 4.38. The lowest BCUT2D eigenvalue weighted by Crippen LogP contribution is -2.31. The zero-order valence-corrected chi connectivity index (χ0v) is 8.86. The molecule has 0 aromatic carbocycles. The number of carboxylic acids is 1. The van der Waals surface area contributed by atoms with Gasteiger partial charge in [-0.25, -0.2) is 9.59 Å². The molecule has 0 saturated carbocycles. The van der Waals surface area contributed by atoms with Gasteiger partial charge >= 0.3 is 12.1 Å². The second kappa shape index (κ2) is 4.83. The van der Waals surface area contributed by atoms with E-state index in [1.165, 1.54) is 0 Å². The van der Waals surface area contributed by atoms with Crippen LogP contribution in [-0.4, -0.2) is 28.9 Å². The van der Waals surface area contributed by atoms with Gasteiger partial charge in [0.15, 0.2) is 0 Å². The van der Waals surface area contributed by atoms with Gasteiger partial charge < -0.3 is 14.6 Å². The molecule has 0 aliphatic carbocycles. The van der Waals surface area contributed by atoms with Crippen molar-refractivity contribution in [3.8, 4) is 0 Å². The highest BCUT2D eigenvalue weighted by Gasteiger charge is 2.24. The molecule has 0 radical (unpaired) electrons. The van der Waals surface area contributed by atoms with Crippen LogP contribution in [0.1, 0.15) is 34.1 Å². The molecular formula is C9H16O5. The maximum Gasteiger partial charge on any atom is 0.509 e. The highest BCUT2D eigenvalue weighted by Crippen LogP contribution is 2.10. The summed E-state index contributed by atoms with van der Waals surface area (Å²) in [5.74, 6) is -1.17. The summed E-state index contributed by atoms with van der Waals surface area (Å²) in [5.41, 5.74) is -0.673. The number of hydrogen-bond acceptors (Lipinski definition) is 4. The maximum absolute atomic E-state index is 11.0. The van der Waals surface area contributed by atoms with Crippen LogP contribution in [0.3, 0.4) is 0 Å². The van der Waals surface area contributed by atoms with Crippen LogP contribution in [0.25, 0.3) is 0 Å². The van der Waals surface area contributed by atoms with Crippen LogP contribution in [0.5, 0.6) is 0 Å². The van der Waals surface area contributed by atoms with Crippen molar-refractivity contribution in [2.45, 2.75) is 45.8 Å². The zero-order valence-electron chi connectivity index (χ0n) is 8.86. The van der Waals surface area contributed by atoms with Crippen molar-refractivity contribution in [3.63, 3.8) is 0 Å². The van der Waals surface area contributed by atoms with Crippen LogP contribution >= 0.6 is 0 Å². The van der Waals surface area contributed by atoms with E-state index in [1.807, 2.05) is 0 Å². The minimum absolute atomic E-state index is 0.217. The van der Waals surface area contributed by atoms with Crippen molar-refractivity contribution in [1.29, 1.82) is 0 Å². The van der Waals surface area contributed by atoms with E-state index >= 15 is 0 Å². The van der Waals surface area contributed by atoms with Gasteiger partial charge in [0.2, 0.25) is 6.10 Å². The van der Waals surface area contributed by atoms with Gasteiger partial charge in [0.25, 0.3) is 0 Å². The summed E-state index contributed by atoms with van der Waals surface area (Å²) >= 11 is 0. The number of carbonyl (C=O) groups excluding carboxylic acids is 1. The summed E-state index contributed by atoms with van der Waals surface area (Å²) in [5, 5.41) is 8.59. The molecule has 0 aromatic heterocycles. The molecule has 1 unspecified atom stereocenters. The number of carboxylic acid groups (broad SMARTS) is 1. The molecule has 82 valence electrons. The molecule has 0 amide bonds. The van der Waals surface area contributed by atoms with Crippen molar-refractivity contribution in [3.05, 3.63) is 0 Å². The molecule has 5 heteroatoms. The highest BCUT2D eigenvalue weighted by molar-refractivity contribution is 5.75.